The molecule has 2 saturated carbocycles. The summed E-state index contributed by atoms with van der Waals surface area (Å²) in [4.78, 5) is 10.8. The van der Waals surface area contributed by atoms with Crippen LogP contribution in [0.1, 0.15) is 72.6 Å². The lowest BCUT2D eigenvalue weighted by atomic mass is 9.52. The molecule has 0 radical (unpaired) electrons. The van der Waals surface area contributed by atoms with E-state index in [2.05, 4.69) is 13.8 Å². The summed E-state index contributed by atoms with van der Waals surface area (Å²) in [5.74, 6) is 2.46. The first-order valence-corrected chi connectivity index (χ1v) is 7.62. The smallest absolute Gasteiger partial charge is 0.120 e. The molecule has 4 atom stereocenters. The number of rotatable bonds is 2. The predicted molar refractivity (Wildman–Crippen MR) is 74.0 cm³/mol. The minimum Gasteiger partial charge on any atom is -0.303 e. The van der Waals surface area contributed by atoms with Gasteiger partial charge in [-0.1, -0.05) is 47.0 Å². The quantitative estimate of drug-likeness (QED) is 0.629. The molecule has 0 amide bonds. The molecule has 0 aromatic heterocycles. The fraction of sp³-hybridized carbons (Fsp3) is 0.938. The summed E-state index contributed by atoms with van der Waals surface area (Å²) < 4.78 is 0. The monoisotopic (exact) mass is 238 g/mol. The normalized spacial score (nSPS) is 40.8. The largest absolute Gasteiger partial charge is 0.303 e. The maximum absolute atomic E-state index is 10.8. The molecular weight excluding hydrogens is 208 g/mol. The number of carbonyl (C=O) groups is 1. The summed E-state index contributed by atoms with van der Waals surface area (Å²) in [6.45, 7) is 8.88. The van der Waals surface area contributed by atoms with E-state index >= 15 is 0 Å². The second-order valence-electron chi connectivity index (χ2n) is 6.01. The molecule has 2 aliphatic carbocycles. The van der Waals surface area contributed by atoms with Crippen LogP contribution < -0.4 is 0 Å². The Morgan fingerprint density at radius 1 is 1.18 bits per heavy atom. The van der Waals surface area contributed by atoms with E-state index in [1.54, 1.807) is 0 Å². The Morgan fingerprint density at radius 2 is 1.88 bits per heavy atom. The molecule has 2 fully saturated rings. The van der Waals surface area contributed by atoms with Gasteiger partial charge < -0.3 is 4.79 Å². The molecule has 0 saturated heterocycles. The second-order valence-corrected chi connectivity index (χ2v) is 6.01. The van der Waals surface area contributed by atoms with Gasteiger partial charge in [-0.25, -0.2) is 0 Å². The van der Waals surface area contributed by atoms with Crippen LogP contribution >= 0.6 is 0 Å². The van der Waals surface area contributed by atoms with E-state index in [-0.39, 0.29) is 0 Å². The summed E-state index contributed by atoms with van der Waals surface area (Å²) in [5.41, 5.74) is 0.483. The lowest BCUT2D eigenvalue weighted by Crippen LogP contribution is -2.44. The van der Waals surface area contributed by atoms with Gasteiger partial charge in [0.15, 0.2) is 0 Å². The second kappa shape index (κ2) is 6.56. The summed E-state index contributed by atoms with van der Waals surface area (Å²) in [7, 11) is 0. The van der Waals surface area contributed by atoms with Gasteiger partial charge in [-0.3, -0.25) is 0 Å². The van der Waals surface area contributed by atoms with Gasteiger partial charge in [0.05, 0.1) is 0 Å². The van der Waals surface area contributed by atoms with Crippen molar-refractivity contribution in [2.24, 2.45) is 23.2 Å². The molecule has 100 valence electrons. The molecular formula is C16H30O. The Kier molecular flexibility index (Phi) is 5.69. The number of fused-ring (bicyclic) bond motifs is 1. The Bertz CT molecular complexity index is 236. The van der Waals surface area contributed by atoms with Gasteiger partial charge in [-0.05, 0) is 42.4 Å². The van der Waals surface area contributed by atoms with Crippen molar-refractivity contribution >= 4 is 6.29 Å². The van der Waals surface area contributed by atoms with E-state index in [4.69, 9.17) is 0 Å². The van der Waals surface area contributed by atoms with Gasteiger partial charge >= 0.3 is 0 Å². The zero-order chi connectivity index (χ0) is 12.9. The van der Waals surface area contributed by atoms with Gasteiger partial charge in [0.1, 0.15) is 6.29 Å². The summed E-state index contributed by atoms with van der Waals surface area (Å²) in [6, 6.07) is 0. The standard InChI is InChI=1S/C14H24O.C2H6/c1-11-5-4-9-14(2)12(8-10-15)6-3-7-13(11)14;1-2/h10-13H,3-9H2,1-2H3;1-2H3/t11?,12-,13?,14-;/m1./s1. The summed E-state index contributed by atoms with van der Waals surface area (Å²) >= 11 is 0. The SMILES string of the molecule is CC.CC1CCC[C@@]2(C)C1CCC[C@@H]2CC=O. The Hall–Kier alpha value is -0.330. The molecule has 0 bridgehead atoms. The zero-order valence-corrected chi connectivity index (χ0v) is 12.2. The van der Waals surface area contributed by atoms with E-state index in [0.29, 0.717) is 11.3 Å². The Balaban J connectivity index is 0.000000686. The maximum atomic E-state index is 10.8. The van der Waals surface area contributed by atoms with E-state index in [1.807, 2.05) is 13.8 Å². The molecule has 2 rings (SSSR count). The first-order valence-electron chi connectivity index (χ1n) is 7.62. The molecule has 0 N–H and O–H groups in total. The van der Waals surface area contributed by atoms with Gasteiger partial charge in [0.2, 0.25) is 0 Å². The van der Waals surface area contributed by atoms with Gasteiger partial charge in [0.25, 0.3) is 0 Å². The van der Waals surface area contributed by atoms with Crippen molar-refractivity contribution in [1.29, 1.82) is 0 Å². The van der Waals surface area contributed by atoms with Gasteiger partial charge in [-0.2, -0.15) is 0 Å². The van der Waals surface area contributed by atoms with Gasteiger partial charge in [-0.15, -0.1) is 0 Å². The molecule has 0 aromatic rings. The topological polar surface area (TPSA) is 17.1 Å². The van der Waals surface area contributed by atoms with Crippen molar-refractivity contribution in [1.82, 2.24) is 0 Å². The molecule has 17 heavy (non-hydrogen) atoms. The molecule has 2 aliphatic rings. The van der Waals surface area contributed by atoms with Crippen molar-refractivity contribution in [2.75, 3.05) is 0 Å². The van der Waals surface area contributed by atoms with Crippen molar-refractivity contribution in [3.8, 4) is 0 Å². The van der Waals surface area contributed by atoms with Crippen LogP contribution in [-0.2, 0) is 4.79 Å². The molecule has 2 unspecified atom stereocenters. The summed E-state index contributed by atoms with van der Waals surface area (Å²) in [5, 5.41) is 0. The molecule has 0 heterocycles. The molecule has 0 aromatic carbocycles. The van der Waals surface area contributed by atoms with Crippen molar-refractivity contribution in [3.05, 3.63) is 0 Å². The molecule has 0 aliphatic heterocycles. The van der Waals surface area contributed by atoms with Crippen LogP contribution in [0.4, 0.5) is 0 Å². The number of carbonyl (C=O) groups excluding carboxylic acids is 1. The fourth-order valence-electron chi connectivity index (χ4n) is 4.38. The van der Waals surface area contributed by atoms with E-state index in [9.17, 15) is 4.79 Å². The lowest BCUT2D eigenvalue weighted by Gasteiger charge is -2.53. The van der Waals surface area contributed by atoms with Crippen LogP contribution in [-0.4, -0.2) is 6.29 Å². The predicted octanol–water partition coefficient (Wildman–Crippen LogP) is 4.84. The van der Waals surface area contributed by atoms with Crippen LogP contribution in [0.15, 0.2) is 0 Å². The number of hydrogen-bond acceptors (Lipinski definition) is 1. The Morgan fingerprint density at radius 3 is 2.53 bits per heavy atom. The van der Waals surface area contributed by atoms with Crippen LogP contribution in [0.5, 0.6) is 0 Å². The van der Waals surface area contributed by atoms with E-state index < -0.39 is 0 Å². The minimum atomic E-state index is 0.483. The van der Waals surface area contributed by atoms with E-state index in [0.717, 1.165) is 24.5 Å². The maximum Gasteiger partial charge on any atom is 0.120 e. The molecule has 1 nitrogen and oxygen atoms in total. The first-order chi connectivity index (χ1) is 8.18. The minimum absolute atomic E-state index is 0.483. The Labute approximate surface area is 107 Å². The van der Waals surface area contributed by atoms with Crippen LogP contribution in [0, 0.1) is 23.2 Å². The van der Waals surface area contributed by atoms with E-state index in [1.165, 1.54) is 38.5 Å². The third kappa shape index (κ3) is 2.92. The van der Waals surface area contributed by atoms with Crippen molar-refractivity contribution in [2.45, 2.75) is 72.6 Å². The van der Waals surface area contributed by atoms with Crippen LogP contribution in [0.3, 0.4) is 0 Å². The zero-order valence-electron chi connectivity index (χ0n) is 12.2. The summed E-state index contributed by atoms with van der Waals surface area (Å²) in [6.07, 6.45) is 10.2. The lowest BCUT2D eigenvalue weighted by molar-refractivity contribution is -0.112. The van der Waals surface area contributed by atoms with Crippen molar-refractivity contribution in [3.63, 3.8) is 0 Å². The third-order valence-corrected chi connectivity index (χ3v) is 5.29. The molecule has 0 spiro atoms. The van der Waals surface area contributed by atoms with Crippen LogP contribution in [0.25, 0.3) is 0 Å². The first kappa shape index (κ1) is 14.7. The number of aldehydes is 1. The third-order valence-electron chi connectivity index (χ3n) is 5.29. The van der Waals surface area contributed by atoms with Crippen LogP contribution in [0.2, 0.25) is 0 Å². The van der Waals surface area contributed by atoms with Gasteiger partial charge in [0, 0.05) is 6.42 Å². The highest BCUT2D eigenvalue weighted by Gasteiger charge is 2.46. The van der Waals surface area contributed by atoms with Crippen molar-refractivity contribution < 1.29 is 4.79 Å². The number of hydrogen-bond donors (Lipinski definition) is 0. The fourth-order valence-corrected chi connectivity index (χ4v) is 4.38. The average molecular weight is 238 g/mol. The average Bonchev–Trinajstić information content (AvgIpc) is 2.34. The molecule has 1 heteroatoms. The highest BCUT2D eigenvalue weighted by Crippen LogP contribution is 2.55. The highest BCUT2D eigenvalue weighted by atomic mass is 16.1. The highest BCUT2D eigenvalue weighted by molar-refractivity contribution is 5.50.